The fraction of sp³-hybridized carbons (Fsp3) is 0.120. The van der Waals surface area contributed by atoms with Gasteiger partial charge in [0.1, 0.15) is 6.61 Å². The molecule has 3 rings (SSSR count). The van der Waals surface area contributed by atoms with Gasteiger partial charge in [-0.05, 0) is 82.0 Å². The van der Waals surface area contributed by atoms with Crippen LogP contribution in [0.2, 0.25) is 5.02 Å². The van der Waals surface area contributed by atoms with E-state index in [1.165, 1.54) is 0 Å². The van der Waals surface area contributed by atoms with Crippen LogP contribution in [0.3, 0.4) is 0 Å². The van der Waals surface area contributed by atoms with Gasteiger partial charge in [0.25, 0.3) is 0 Å². The summed E-state index contributed by atoms with van der Waals surface area (Å²) in [6.07, 6.45) is 1.78. The van der Waals surface area contributed by atoms with Gasteiger partial charge in [-0.3, -0.25) is 0 Å². The minimum atomic E-state index is 0.361. The largest absolute Gasteiger partial charge is 0.490 e. The second-order valence-electron chi connectivity index (χ2n) is 6.54. The molecule has 31 heavy (non-hydrogen) atoms. The zero-order chi connectivity index (χ0) is 22.2. The minimum absolute atomic E-state index is 0.361. The lowest BCUT2D eigenvalue weighted by Crippen LogP contribution is -2.01. The van der Waals surface area contributed by atoms with Crippen LogP contribution >= 0.6 is 27.5 Å². The topological polar surface area (TPSA) is 66.0 Å². The molecule has 6 heteroatoms. The van der Waals surface area contributed by atoms with E-state index < -0.39 is 0 Å². The van der Waals surface area contributed by atoms with Crippen molar-refractivity contribution in [1.82, 2.24) is 0 Å². The number of allylic oxidation sites excluding steroid dienone is 1. The molecule has 3 aromatic carbocycles. The number of halogens is 2. The molecule has 0 heterocycles. The van der Waals surface area contributed by atoms with E-state index in [0.717, 1.165) is 21.2 Å². The van der Waals surface area contributed by atoms with E-state index >= 15 is 0 Å². The van der Waals surface area contributed by atoms with Gasteiger partial charge in [-0.25, -0.2) is 0 Å². The van der Waals surface area contributed by atoms with Crippen LogP contribution in [0.25, 0.3) is 11.6 Å². The molecule has 0 amide bonds. The van der Waals surface area contributed by atoms with Crippen LogP contribution in [0.5, 0.6) is 11.5 Å². The number of nitriles is 2. The van der Waals surface area contributed by atoms with Crippen LogP contribution in [-0.2, 0) is 6.61 Å². The van der Waals surface area contributed by atoms with Crippen molar-refractivity contribution < 1.29 is 9.47 Å². The highest BCUT2D eigenvalue weighted by Gasteiger charge is 2.13. The van der Waals surface area contributed by atoms with Gasteiger partial charge < -0.3 is 9.47 Å². The van der Waals surface area contributed by atoms with Crippen molar-refractivity contribution in [3.63, 3.8) is 0 Å². The first-order valence-corrected chi connectivity index (χ1v) is 10.7. The lowest BCUT2D eigenvalue weighted by molar-refractivity contribution is 0.267. The summed E-state index contributed by atoms with van der Waals surface area (Å²) in [7, 11) is 0. The van der Waals surface area contributed by atoms with Crippen molar-refractivity contribution >= 4 is 39.2 Å². The Hall–Kier alpha value is -3.25. The molecule has 0 N–H and O–H groups in total. The number of benzene rings is 3. The second kappa shape index (κ2) is 10.7. The number of hydrogen-bond acceptors (Lipinski definition) is 4. The Balaban J connectivity index is 1.90. The molecule has 154 valence electrons. The predicted molar refractivity (Wildman–Crippen MR) is 126 cm³/mol. The summed E-state index contributed by atoms with van der Waals surface area (Å²) in [5, 5.41) is 19.3. The minimum Gasteiger partial charge on any atom is -0.490 e. The van der Waals surface area contributed by atoms with Crippen LogP contribution in [0.15, 0.2) is 65.1 Å². The Kier molecular flexibility index (Phi) is 7.73. The molecular formula is C25H18BrClN2O2. The van der Waals surface area contributed by atoms with Gasteiger partial charge >= 0.3 is 0 Å². The fourth-order valence-electron chi connectivity index (χ4n) is 2.88. The smallest absolute Gasteiger partial charge is 0.175 e. The molecule has 4 nitrogen and oxygen atoms in total. The third-order valence-electron chi connectivity index (χ3n) is 4.38. The fourth-order valence-corrected chi connectivity index (χ4v) is 3.58. The number of hydrogen-bond donors (Lipinski definition) is 0. The molecule has 0 aromatic heterocycles. The van der Waals surface area contributed by atoms with Gasteiger partial charge in [-0.15, -0.1) is 0 Å². The van der Waals surface area contributed by atoms with Crippen molar-refractivity contribution in [1.29, 1.82) is 10.5 Å². The van der Waals surface area contributed by atoms with Crippen molar-refractivity contribution in [3.8, 4) is 23.6 Å². The molecule has 0 radical (unpaired) electrons. The summed E-state index contributed by atoms with van der Waals surface area (Å²) >= 11 is 9.51. The number of nitrogens with zero attached hydrogens (tertiary/aromatic N) is 2. The molecule has 0 saturated heterocycles. The monoisotopic (exact) mass is 492 g/mol. The van der Waals surface area contributed by atoms with Gasteiger partial charge in [-0.2, -0.15) is 10.5 Å². The Morgan fingerprint density at radius 2 is 1.74 bits per heavy atom. The van der Waals surface area contributed by atoms with E-state index in [1.807, 2.05) is 43.3 Å². The zero-order valence-electron chi connectivity index (χ0n) is 16.7. The molecular weight excluding hydrogens is 476 g/mol. The summed E-state index contributed by atoms with van der Waals surface area (Å²) in [5.41, 5.74) is 3.53. The van der Waals surface area contributed by atoms with Crippen molar-refractivity contribution in [3.05, 3.63) is 92.4 Å². The third-order valence-corrected chi connectivity index (χ3v) is 5.23. The van der Waals surface area contributed by atoms with E-state index in [1.54, 1.807) is 30.3 Å². The van der Waals surface area contributed by atoms with Gasteiger partial charge in [-0.1, -0.05) is 35.9 Å². The highest BCUT2D eigenvalue weighted by molar-refractivity contribution is 9.10. The second-order valence-corrected chi connectivity index (χ2v) is 7.83. The lowest BCUT2D eigenvalue weighted by Gasteiger charge is -2.15. The standard InChI is InChI=1S/C25H18BrClN2O2/c1-2-30-24-13-19(11-21(15-29)20-7-3-17(14-28)4-8-20)12-23(26)25(24)31-16-18-5-9-22(27)10-6-18/h3-13H,2,16H2,1H3/b21-11-. The predicted octanol–water partition coefficient (Wildman–Crippen LogP) is 7.02. The molecule has 0 atom stereocenters. The van der Waals surface area contributed by atoms with E-state index in [4.69, 9.17) is 26.3 Å². The molecule has 0 spiro atoms. The molecule has 0 aliphatic heterocycles. The van der Waals surface area contributed by atoms with Gasteiger partial charge in [0, 0.05) is 5.02 Å². The summed E-state index contributed by atoms with van der Waals surface area (Å²) in [4.78, 5) is 0. The summed E-state index contributed by atoms with van der Waals surface area (Å²) in [5.74, 6) is 1.17. The van der Waals surface area contributed by atoms with Crippen molar-refractivity contribution in [2.75, 3.05) is 6.61 Å². The van der Waals surface area contributed by atoms with E-state index in [0.29, 0.717) is 40.9 Å². The molecule has 0 aliphatic rings. The van der Waals surface area contributed by atoms with Crippen LogP contribution in [0, 0.1) is 22.7 Å². The molecule has 0 fully saturated rings. The number of rotatable bonds is 7. The summed E-state index contributed by atoms with van der Waals surface area (Å²) in [6, 6.07) is 22.4. The molecule has 0 bridgehead atoms. The Morgan fingerprint density at radius 1 is 1.03 bits per heavy atom. The third kappa shape index (κ3) is 5.89. The van der Waals surface area contributed by atoms with Crippen LogP contribution in [-0.4, -0.2) is 6.61 Å². The number of ether oxygens (including phenoxy) is 2. The van der Waals surface area contributed by atoms with Gasteiger partial charge in [0.15, 0.2) is 11.5 Å². The molecule has 3 aromatic rings. The van der Waals surface area contributed by atoms with Crippen molar-refractivity contribution in [2.45, 2.75) is 13.5 Å². The average Bonchev–Trinajstić information content (AvgIpc) is 2.78. The van der Waals surface area contributed by atoms with E-state index in [9.17, 15) is 5.26 Å². The quantitative estimate of drug-likeness (QED) is 0.262. The maximum absolute atomic E-state index is 9.63. The normalized spacial score (nSPS) is 10.8. The van der Waals surface area contributed by atoms with Crippen LogP contribution in [0.4, 0.5) is 0 Å². The van der Waals surface area contributed by atoms with Crippen molar-refractivity contribution in [2.24, 2.45) is 0 Å². The zero-order valence-corrected chi connectivity index (χ0v) is 19.1. The Labute approximate surface area is 195 Å². The molecule has 0 unspecified atom stereocenters. The van der Waals surface area contributed by atoms with E-state index in [-0.39, 0.29) is 0 Å². The van der Waals surface area contributed by atoms with Crippen LogP contribution < -0.4 is 9.47 Å². The van der Waals surface area contributed by atoms with Crippen LogP contribution in [0.1, 0.15) is 29.2 Å². The highest BCUT2D eigenvalue weighted by Crippen LogP contribution is 2.38. The maximum atomic E-state index is 9.63. The molecule has 0 aliphatic carbocycles. The molecule has 0 saturated carbocycles. The maximum Gasteiger partial charge on any atom is 0.175 e. The first-order chi connectivity index (χ1) is 15.0. The van der Waals surface area contributed by atoms with Gasteiger partial charge in [0.2, 0.25) is 0 Å². The SMILES string of the molecule is CCOc1cc(/C=C(/C#N)c2ccc(C#N)cc2)cc(Br)c1OCc1ccc(Cl)cc1. The lowest BCUT2D eigenvalue weighted by atomic mass is 10.0. The summed E-state index contributed by atoms with van der Waals surface area (Å²) < 4.78 is 12.5. The summed E-state index contributed by atoms with van der Waals surface area (Å²) in [6.45, 7) is 2.73. The van der Waals surface area contributed by atoms with Gasteiger partial charge in [0.05, 0.1) is 34.4 Å². The average molecular weight is 494 g/mol. The first-order valence-electron chi connectivity index (χ1n) is 9.50. The first kappa shape index (κ1) is 22.4. The Morgan fingerprint density at radius 3 is 2.35 bits per heavy atom. The Bertz CT molecular complexity index is 1170. The highest BCUT2D eigenvalue weighted by atomic mass is 79.9. The van der Waals surface area contributed by atoms with E-state index in [2.05, 4.69) is 28.1 Å².